The Labute approximate surface area is 191 Å². The van der Waals surface area contributed by atoms with Crippen molar-refractivity contribution in [3.63, 3.8) is 0 Å². The molecule has 2 aromatic heterocycles. The van der Waals surface area contributed by atoms with Crippen molar-refractivity contribution in [3.8, 4) is 28.8 Å². The van der Waals surface area contributed by atoms with E-state index in [2.05, 4.69) is 10.3 Å². The molecular weight excluding hydrogens is 414 g/mol. The van der Waals surface area contributed by atoms with Crippen molar-refractivity contribution in [2.75, 3.05) is 7.11 Å². The first-order valence-electron chi connectivity index (χ1n) is 10.3. The van der Waals surface area contributed by atoms with Gasteiger partial charge in [-0.1, -0.05) is 24.3 Å². The van der Waals surface area contributed by atoms with Crippen LogP contribution in [0.25, 0.3) is 23.0 Å². The van der Waals surface area contributed by atoms with Crippen molar-refractivity contribution in [3.05, 3.63) is 102 Å². The molecule has 0 spiro atoms. The molecule has 0 unspecified atom stereocenters. The molecule has 1 N–H and O–H groups in total. The number of carbonyl (C=O) groups excluding carboxylic acids is 1. The topological polar surface area (TPSA) is 92.8 Å². The lowest BCUT2D eigenvalue weighted by Crippen LogP contribution is -2.24. The number of methoxy groups -OCH3 is 1. The van der Waals surface area contributed by atoms with Gasteiger partial charge in [-0.05, 0) is 54.1 Å². The van der Waals surface area contributed by atoms with Gasteiger partial charge in [0.05, 0.1) is 18.5 Å². The minimum absolute atomic E-state index is 0.0127. The summed E-state index contributed by atoms with van der Waals surface area (Å²) in [6.45, 7) is 0.278. The Bertz CT molecular complexity index is 1300. The zero-order valence-electron chi connectivity index (χ0n) is 18.0. The van der Waals surface area contributed by atoms with Gasteiger partial charge in [0.2, 0.25) is 0 Å². The van der Waals surface area contributed by atoms with Crippen LogP contribution in [-0.4, -0.2) is 27.8 Å². The molecule has 7 heteroatoms. The Morgan fingerprint density at radius 1 is 1.12 bits per heavy atom. The standard InChI is InChI=1S/C26H21N5O2/c1-33-24-11-9-20(10-12-24)25-22(18-31(30-25)23-7-3-2-4-8-23)14-21(15-27)26(32)29-17-19-6-5-13-28-16-19/h2-14,16,18H,17H2,1H3,(H,29,32). The van der Waals surface area contributed by atoms with Crippen LogP contribution in [-0.2, 0) is 11.3 Å². The molecule has 2 heterocycles. The molecule has 4 rings (SSSR count). The summed E-state index contributed by atoms with van der Waals surface area (Å²) in [5.74, 6) is 0.264. The summed E-state index contributed by atoms with van der Waals surface area (Å²) in [6, 6.07) is 22.8. The van der Waals surface area contributed by atoms with Gasteiger partial charge in [-0.15, -0.1) is 0 Å². The lowest BCUT2D eigenvalue weighted by Gasteiger charge is -2.05. The maximum absolute atomic E-state index is 12.7. The lowest BCUT2D eigenvalue weighted by molar-refractivity contribution is -0.117. The Kier molecular flexibility index (Phi) is 6.57. The molecule has 0 aliphatic carbocycles. The molecule has 33 heavy (non-hydrogen) atoms. The monoisotopic (exact) mass is 435 g/mol. The van der Waals surface area contributed by atoms with Crippen LogP contribution in [0.15, 0.2) is 90.9 Å². The first-order valence-corrected chi connectivity index (χ1v) is 10.3. The smallest absolute Gasteiger partial charge is 0.262 e. The molecule has 162 valence electrons. The molecule has 0 atom stereocenters. The predicted molar refractivity (Wildman–Crippen MR) is 125 cm³/mol. The van der Waals surface area contributed by atoms with Gasteiger partial charge in [0.25, 0.3) is 5.91 Å². The van der Waals surface area contributed by atoms with Crippen molar-refractivity contribution in [1.29, 1.82) is 5.26 Å². The quantitative estimate of drug-likeness (QED) is 0.347. The van der Waals surface area contributed by atoms with Gasteiger partial charge in [0.1, 0.15) is 17.4 Å². The Balaban J connectivity index is 1.69. The highest BCUT2D eigenvalue weighted by Gasteiger charge is 2.15. The zero-order chi connectivity index (χ0) is 23.0. The van der Waals surface area contributed by atoms with Crippen LogP contribution < -0.4 is 10.1 Å². The van der Waals surface area contributed by atoms with E-state index in [1.165, 1.54) is 0 Å². The van der Waals surface area contributed by atoms with E-state index in [1.807, 2.05) is 66.7 Å². The van der Waals surface area contributed by atoms with Crippen molar-refractivity contribution in [2.24, 2.45) is 0 Å². The highest BCUT2D eigenvalue weighted by molar-refractivity contribution is 6.02. The number of nitrogens with zero attached hydrogens (tertiary/aromatic N) is 4. The fourth-order valence-corrected chi connectivity index (χ4v) is 3.26. The van der Waals surface area contributed by atoms with Crippen LogP contribution in [0.2, 0.25) is 0 Å². The number of rotatable bonds is 7. The van der Waals surface area contributed by atoms with Crippen molar-refractivity contribution >= 4 is 12.0 Å². The van der Waals surface area contributed by atoms with E-state index in [4.69, 9.17) is 9.84 Å². The van der Waals surface area contributed by atoms with E-state index in [1.54, 1.807) is 42.5 Å². The second-order valence-electron chi connectivity index (χ2n) is 7.16. The molecule has 7 nitrogen and oxygen atoms in total. The van der Waals surface area contributed by atoms with Gasteiger partial charge in [-0.2, -0.15) is 10.4 Å². The fourth-order valence-electron chi connectivity index (χ4n) is 3.26. The van der Waals surface area contributed by atoms with Crippen LogP contribution in [0.4, 0.5) is 0 Å². The molecule has 0 aliphatic heterocycles. The van der Waals surface area contributed by atoms with Gasteiger partial charge < -0.3 is 10.1 Å². The third kappa shape index (κ3) is 5.14. The third-order valence-corrected chi connectivity index (χ3v) is 4.97. The number of aromatic nitrogens is 3. The number of pyridine rings is 1. The average molecular weight is 435 g/mol. The number of nitrogens with one attached hydrogen (secondary N) is 1. The second kappa shape index (κ2) is 10.1. The van der Waals surface area contributed by atoms with Gasteiger partial charge >= 0.3 is 0 Å². The molecular formula is C26H21N5O2. The Morgan fingerprint density at radius 2 is 1.91 bits per heavy atom. The molecule has 2 aromatic carbocycles. The average Bonchev–Trinajstić information content (AvgIpc) is 3.31. The van der Waals surface area contributed by atoms with Gasteiger partial charge in [-0.3, -0.25) is 9.78 Å². The van der Waals surface area contributed by atoms with Crippen LogP contribution >= 0.6 is 0 Å². The van der Waals surface area contributed by atoms with E-state index in [9.17, 15) is 10.1 Å². The second-order valence-corrected chi connectivity index (χ2v) is 7.16. The number of nitriles is 1. The number of amides is 1. The molecule has 0 saturated heterocycles. The summed E-state index contributed by atoms with van der Waals surface area (Å²) in [4.78, 5) is 16.7. The molecule has 1 amide bonds. The minimum atomic E-state index is -0.463. The predicted octanol–water partition coefficient (Wildman–Crippen LogP) is 4.17. The van der Waals surface area contributed by atoms with Gasteiger partial charge in [0.15, 0.2) is 0 Å². The maximum atomic E-state index is 12.7. The molecule has 0 radical (unpaired) electrons. The summed E-state index contributed by atoms with van der Waals surface area (Å²) in [5, 5.41) is 17.2. The fraction of sp³-hybridized carbons (Fsp3) is 0.0769. The zero-order valence-corrected chi connectivity index (χ0v) is 18.0. The first kappa shape index (κ1) is 21.5. The third-order valence-electron chi connectivity index (χ3n) is 4.97. The molecule has 0 saturated carbocycles. The summed E-state index contributed by atoms with van der Waals surface area (Å²) < 4.78 is 6.98. The van der Waals surface area contributed by atoms with Crippen LogP contribution in [0, 0.1) is 11.3 Å². The van der Waals surface area contributed by atoms with Crippen LogP contribution in [0.5, 0.6) is 5.75 Å². The van der Waals surface area contributed by atoms with E-state index in [0.29, 0.717) is 11.3 Å². The largest absolute Gasteiger partial charge is 0.497 e. The summed E-state index contributed by atoms with van der Waals surface area (Å²) in [6.07, 6.45) is 6.70. The number of hydrogen-bond donors (Lipinski definition) is 1. The van der Waals surface area contributed by atoms with E-state index in [-0.39, 0.29) is 12.1 Å². The van der Waals surface area contributed by atoms with Crippen LogP contribution in [0.3, 0.4) is 0 Å². The van der Waals surface area contributed by atoms with Crippen LogP contribution in [0.1, 0.15) is 11.1 Å². The maximum Gasteiger partial charge on any atom is 0.262 e. The number of benzene rings is 2. The van der Waals surface area contributed by atoms with E-state index < -0.39 is 5.91 Å². The van der Waals surface area contributed by atoms with E-state index in [0.717, 1.165) is 22.6 Å². The normalized spacial score (nSPS) is 11.0. The minimum Gasteiger partial charge on any atom is -0.497 e. The molecule has 0 fully saturated rings. The Hall–Kier alpha value is -4.70. The molecule has 4 aromatic rings. The van der Waals surface area contributed by atoms with Crippen molar-refractivity contribution in [2.45, 2.75) is 6.54 Å². The number of carbonyl (C=O) groups is 1. The number of hydrogen-bond acceptors (Lipinski definition) is 5. The van der Waals surface area contributed by atoms with Gasteiger partial charge in [0, 0.05) is 36.3 Å². The lowest BCUT2D eigenvalue weighted by atomic mass is 10.1. The van der Waals surface area contributed by atoms with E-state index >= 15 is 0 Å². The van der Waals surface area contributed by atoms with Gasteiger partial charge in [-0.25, -0.2) is 4.68 Å². The molecule has 0 bridgehead atoms. The Morgan fingerprint density at radius 3 is 2.58 bits per heavy atom. The summed E-state index contributed by atoms with van der Waals surface area (Å²) in [7, 11) is 1.61. The summed E-state index contributed by atoms with van der Waals surface area (Å²) >= 11 is 0. The number of ether oxygens (including phenoxy) is 1. The molecule has 0 aliphatic rings. The summed E-state index contributed by atoms with van der Waals surface area (Å²) in [5.41, 5.74) is 3.84. The van der Waals surface area contributed by atoms with Crippen molar-refractivity contribution in [1.82, 2.24) is 20.1 Å². The highest BCUT2D eigenvalue weighted by atomic mass is 16.5. The highest BCUT2D eigenvalue weighted by Crippen LogP contribution is 2.27. The first-order chi connectivity index (χ1) is 16.2. The van der Waals surface area contributed by atoms with Crippen molar-refractivity contribution < 1.29 is 9.53 Å². The SMILES string of the molecule is COc1ccc(-c2nn(-c3ccccc3)cc2C=C(C#N)C(=O)NCc2cccnc2)cc1. The number of para-hydroxylation sites is 1.